The van der Waals surface area contributed by atoms with E-state index in [-0.39, 0.29) is 0 Å². The Hall–Kier alpha value is -1.57. The molecule has 0 bridgehead atoms. The normalized spacial score (nSPS) is 13.1. The number of hydrogen-bond donors (Lipinski definition) is 0. The van der Waals surface area contributed by atoms with Gasteiger partial charge in [0.1, 0.15) is 0 Å². The van der Waals surface area contributed by atoms with E-state index in [4.69, 9.17) is 0 Å². The Bertz CT molecular complexity index is 539. The Morgan fingerprint density at radius 1 is 1.22 bits per heavy atom. The minimum Gasteiger partial charge on any atom is -0.346 e. The molecule has 1 unspecified atom stereocenters. The van der Waals surface area contributed by atoms with Gasteiger partial charge in [0, 0.05) is 29.2 Å². The van der Waals surface area contributed by atoms with Crippen LogP contribution >= 0.6 is 0 Å². The summed E-state index contributed by atoms with van der Waals surface area (Å²) in [6.45, 7) is 7.75. The Labute approximate surface area is 109 Å². The van der Waals surface area contributed by atoms with Crippen molar-refractivity contribution in [1.82, 2.24) is 4.57 Å². The maximum Gasteiger partial charge on any atom is 0.152 e. The van der Waals surface area contributed by atoms with Gasteiger partial charge in [-0.15, -0.1) is 0 Å². The Morgan fingerprint density at radius 3 is 2.61 bits per heavy atom. The number of rotatable bonds is 5. The predicted molar refractivity (Wildman–Crippen MR) is 75.9 cm³/mol. The minimum absolute atomic E-state index is 0.625. The molecule has 1 atom stereocenters. The van der Waals surface area contributed by atoms with E-state index in [0.717, 1.165) is 29.3 Å². The SMILES string of the molecule is CC(C)CC(C)Cn1cc(C=O)c2ccccc21. The van der Waals surface area contributed by atoms with Crippen LogP contribution in [-0.4, -0.2) is 10.9 Å². The van der Waals surface area contributed by atoms with Crippen LogP contribution in [0.25, 0.3) is 10.9 Å². The summed E-state index contributed by atoms with van der Waals surface area (Å²) in [6, 6.07) is 8.12. The molecule has 2 nitrogen and oxygen atoms in total. The van der Waals surface area contributed by atoms with Crippen LogP contribution in [0.1, 0.15) is 37.6 Å². The second-order valence-electron chi connectivity index (χ2n) is 5.61. The minimum atomic E-state index is 0.625. The zero-order valence-electron chi connectivity index (χ0n) is 11.4. The molecule has 1 aromatic heterocycles. The van der Waals surface area contributed by atoms with E-state index >= 15 is 0 Å². The molecule has 0 amide bonds. The predicted octanol–water partition coefficient (Wildman–Crippen LogP) is 4.14. The van der Waals surface area contributed by atoms with Gasteiger partial charge in [0.2, 0.25) is 0 Å². The average molecular weight is 243 g/mol. The molecule has 0 aliphatic rings. The number of hydrogen-bond acceptors (Lipinski definition) is 1. The van der Waals surface area contributed by atoms with Crippen LogP contribution in [0, 0.1) is 11.8 Å². The molecule has 0 saturated carbocycles. The molecular formula is C16H21NO. The summed E-state index contributed by atoms with van der Waals surface area (Å²) in [5, 5.41) is 1.06. The van der Waals surface area contributed by atoms with Gasteiger partial charge in [-0.25, -0.2) is 0 Å². The fourth-order valence-electron chi connectivity index (χ4n) is 2.74. The van der Waals surface area contributed by atoms with Crippen LogP contribution in [0.5, 0.6) is 0 Å². The molecule has 0 fully saturated rings. The summed E-state index contributed by atoms with van der Waals surface area (Å²) in [6.07, 6.45) is 4.14. The Morgan fingerprint density at radius 2 is 1.94 bits per heavy atom. The van der Waals surface area contributed by atoms with Gasteiger partial charge in [-0.05, 0) is 24.3 Å². The van der Waals surface area contributed by atoms with Gasteiger partial charge < -0.3 is 4.57 Å². The third kappa shape index (κ3) is 2.63. The van der Waals surface area contributed by atoms with Crippen LogP contribution < -0.4 is 0 Å². The molecule has 2 heteroatoms. The Balaban J connectivity index is 2.30. The van der Waals surface area contributed by atoms with Gasteiger partial charge in [-0.1, -0.05) is 39.0 Å². The summed E-state index contributed by atoms with van der Waals surface area (Å²) in [7, 11) is 0. The molecule has 0 radical (unpaired) electrons. The monoisotopic (exact) mass is 243 g/mol. The molecule has 0 aliphatic heterocycles. The fraction of sp³-hybridized carbons (Fsp3) is 0.438. The summed E-state index contributed by atoms with van der Waals surface area (Å²) < 4.78 is 2.21. The van der Waals surface area contributed by atoms with E-state index < -0.39 is 0 Å². The van der Waals surface area contributed by atoms with E-state index in [0.29, 0.717) is 11.8 Å². The van der Waals surface area contributed by atoms with Crippen molar-refractivity contribution in [2.75, 3.05) is 0 Å². The molecular weight excluding hydrogens is 222 g/mol. The standard InChI is InChI=1S/C16H21NO/c1-12(2)8-13(3)9-17-10-14(11-18)15-6-4-5-7-16(15)17/h4-7,10-13H,8-9H2,1-3H3. The van der Waals surface area contributed by atoms with E-state index in [1.807, 2.05) is 24.4 Å². The lowest BCUT2D eigenvalue weighted by atomic mass is 9.99. The third-order valence-electron chi connectivity index (χ3n) is 3.33. The molecule has 0 N–H and O–H groups in total. The number of aromatic nitrogens is 1. The van der Waals surface area contributed by atoms with Crippen molar-refractivity contribution in [3.8, 4) is 0 Å². The summed E-state index contributed by atoms with van der Waals surface area (Å²) in [5.41, 5.74) is 1.96. The van der Waals surface area contributed by atoms with Crippen molar-refractivity contribution < 1.29 is 4.79 Å². The second-order valence-corrected chi connectivity index (χ2v) is 5.61. The van der Waals surface area contributed by atoms with Crippen molar-refractivity contribution in [3.63, 3.8) is 0 Å². The van der Waals surface area contributed by atoms with Crippen LogP contribution in [0.4, 0.5) is 0 Å². The summed E-state index contributed by atoms with van der Waals surface area (Å²) >= 11 is 0. The molecule has 1 aromatic carbocycles. The maximum absolute atomic E-state index is 11.1. The van der Waals surface area contributed by atoms with E-state index in [1.165, 1.54) is 6.42 Å². The lowest BCUT2D eigenvalue weighted by molar-refractivity contribution is 0.112. The largest absolute Gasteiger partial charge is 0.346 e. The van der Waals surface area contributed by atoms with E-state index in [1.54, 1.807) is 0 Å². The molecule has 96 valence electrons. The number of fused-ring (bicyclic) bond motifs is 1. The number of nitrogens with zero attached hydrogens (tertiary/aromatic N) is 1. The highest BCUT2D eigenvalue weighted by molar-refractivity contribution is 5.97. The van der Waals surface area contributed by atoms with E-state index in [2.05, 4.69) is 31.4 Å². The van der Waals surface area contributed by atoms with Crippen LogP contribution in [0.3, 0.4) is 0 Å². The number of aldehydes is 1. The zero-order chi connectivity index (χ0) is 13.1. The van der Waals surface area contributed by atoms with Crippen molar-refractivity contribution in [2.45, 2.75) is 33.7 Å². The quantitative estimate of drug-likeness (QED) is 0.723. The molecule has 18 heavy (non-hydrogen) atoms. The van der Waals surface area contributed by atoms with Crippen molar-refractivity contribution in [1.29, 1.82) is 0 Å². The van der Waals surface area contributed by atoms with Crippen molar-refractivity contribution in [3.05, 3.63) is 36.0 Å². The van der Waals surface area contributed by atoms with Gasteiger partial charge in [-0.3, -0.25) is 4.79 Å². The molecule has 1 heterocycles. The second kappa shape index (κ2) is 5.38. The van der Waals surface area contributed by atoms with Crippen LogP contribution in [0.15, 0.2) is 30.5 Å². The molecule has 2 rings (SSSR count). The first-order valence-corrected chi connectivity index (χ1v) is 6.65. The molecule has 0 saturated heterocycles. The number of carbonyl (C=O) groups is 1. The fourth-order valence-corrected chi connectivity index (χ4v) is 2.74. The zero-order valence-corrected chi connectivity index (χ0v) is 11.4. The van der Waals surface area contributed by atoms with Crippen LogP contribution in [0.2, 0.25) is 0 Å². The Kier molecular flexibility index (Phi) is 3.85. The van der Waals surface area contributed by atoms with Gasteiger partial charge in [0.25, 0.3) is 0 Å². The van der Waals surface area contributed by atoms with Crippen LogP contribution in [-0.2, 0) is 6.54 Å². The number of carbonyl (C=O) groups excluding carboxylic acids is 1. The smallest absolute Gasteiger partial charge is 0.152 e. The van der Waals surface area contributed by atoms with Crippen molar-refractivity contribution in [2.24, 2.45) is 11.8 Å². The molecule has 0 aliphatic carbocycles. The maximum atomic E-state index is 11.1. The summed E-state index contributed by atoms with van der Waals surface area (Å²) in [5.74, 6) is 1.34. The highest BCUT2D eigenvalue weighted by Crippen LogP contribution is 2.22. The molecule has 0 spiro atoms. The first kappa shape index (κ1) is 12.9. The highest BCUT2D eigenvalue weighted by Gasteiger charge is 2.11. The van der Waals surface area contributed by atoms with Gasteiger partial charge in [0.15, 0.2) is 6.29 Å². The van der Waals surface area contributed by atoms with E-state index in [9.17, 15) is 4.79 Å². The third-order valence-corrected chi connectivity index (χ3v) is 3.33. The molecule has 2 aromatic rings. The first-order valence-electron chi connectivity index (χ1n) is 6.65. The number of benzene rings is 1. The van der Waals surface area contributed by atoms with Gasteiger partial charge >= 0.3 is 0 Å². The lowest BCUT2D eigenvalue weighted by Crippen LogP contribution is -2.09. The topological polar surface area (TPSA) is 22.0 Å². The summed E-state index contributed by atoms with van der Waals surface area (Å²) in [4.78, 5) is 11.1. The lowest BCUT2D eigenvalue weighted by Gasteiger charge is -2.15. The first-order chi connectivity index (χ1) is 8.61. The van der Waals surface area contributed by atoms with Crippen molar-refractivity contribution >= 4 is 17.2 Å². The van der Waals surface area contributed by atoms with Gasteiger partial charge in [0.05, 0.1) is 0 Å². The van der Waals surface area contributed by atoms with Gasteiger partial charge in [-0.2, -0.15) is 0 Å². The number of para-hydroxylation sites is 1. The highest BCUT2D eigenvalue weighted by atomic mass is 16.1. The average Bonchev–Trinajstić information content (AvgIpc) is 2.67.